The van der Waals surface area contributed by atoms with Crippen LogP contribution in [0, 0.1) is 0 Å². The Balaban J connectivity index is 1.98. The maximum atomic E-state index is 13.2. The number of nitrogens with one attached hydrogen (secondary N) is 1. The molecule has 1 N–H and O–H groups in total. The van der Waals surface area contributed by atoms with Crippen molar-refractivity contribution in [3.8, 4) is 11.1 Å². The summed E-state index contributed by atoms with van der Waals surface area (Å²) in [6.45, 7) is 0. The molecule has 1 amide bonds. The Kier molecular flexibility index (Phi) is 5.92. The van der Waals surface area contributed by atoms with E-state index in [2.05, 4.69) is 5.32 Å². The zero-order valence-electron chi connectivity index (χ0n) is 15.7. The molecule has 6 heteroatoms. The molecule has 0 aliphatic carbocycles. The Hall–Kier alpha value is -2.96. The van der Waals surface area contributed by atoms with Crippen molar-refractivity contribution in [2.24, 2.45) is 0 Å². The second-order valence-electron chi connectivity index (χ2n) is 6.49. The highest BCUT2D eigenvalue weighted by Crippen LogP contribution is 2.30. The molecule has 0 spiro atoms. The van der Waals surface area contributed by atoms with Gasteiger partial charge in [-0.3, -0.25) is 4.79 Å². The number of carbonyl (C=O) groups is 1. The smallest absolute Gasteiger partial charge is 0.247 e. The van der Waals surface area contributed by atoms with Crippen molar-refractivity contribution >= 4 is 21.6 Å². The van der Waals surface area contributed by atoms with Crippen molar-refractivity contribution in [3.05, 3.63) is 90.5 Å². The molecular weight excluding hydrogens is 372 g/mol. The third-order valence-electron chi connectivity index (χ3n) is 4.52. The van der Waals surface area contributed by atoms with Crippen molar-refractivity contribution in [2.75, 3.05) is 18.6 Å². The monoisotopic (exact) mass is 394 g/mol. The predicted molar refractivity (Wildman–Crippen MR) is 112 cm³/mol. The minimum Gasteiger partial charge on any atom is -0.324 e. The van der Waals surface area contributed by atoms with E-state index in [0.717, 1.165) is 21.7 Å². The van der Waals surface area contributed by atoms with Crippen LogP contribution in [-0.2, 0) is 14.8 Å². The van der Waals surface area contributed by atoms with Gasteiger partial charge in [-0.25, -0.2) is 8.42 Å². The summed E-state index contributed by atoms with van der Waals surface area (Å²) in [6.07, 6.45) is 1.09. The molecule has 5 nitrogen and oxygen atoms in total. The molecule has 0 radical (unpaired) electrons. The van der Waals surface area contributed by atoms with Crippen LogP contribution in [0.15, 0.2) is 84.9 Å². The topological polar surface area (TPSA) is 66.5 Å². The van der Waals surface area contributed by atoms with Crippen LogP contribution in [0.2, 0.25) is 0 Å². The van der Waals surface area contributed by atoms with Gasteiger partial charge in [0.05, 0.1) is 6.26 Å². The Morgan fingerprint density at radius 2 is 1.39 bits per heavy atom. The van der Waals surface area contributed by atoms with Crippen molar-refractivity contribution < 1.29 is 13.2 Å². The number of nitrogens with zero attached hydrogens (tertiary/aromatic N) is 1. The first-order valence-corrected chi connectivity index (χ1v) is 10.7. The molecule has 0 unspecified atom stereocenters. The molecule has 0 fully saturated rings. The summed E-state index contributed by atoms with van der Waals surface area (Å²) in [5, 5.41) is 2.92. The zero-order valence-corrected chi connectivity index (χ0v) is 16.6. The molecule has 0 saturated heterocycles. The molecule has 3 aromatic carbocycles. The van der Waals surface area contributed by atoms with Crippen LogP contribution in [0.4, 0.5) is 5.69 Å². The van der Waals surface area contributed by atoms with E-state index in [1.54, 1.807) is 24.3 Å². The standard InChI is InChI=1S/C22H22N2O3S/c1-24(28(2,26)27)21(18-13-7-4-8-14-18)22(25)23-20-16-10-9-15-19(20)17-11-5-3-6-12-17/h3-16,21H,1-2H3,(H,23,25)/t21-/m0/s1. The van der Waals surface area contributed by atoms with Gasteiger partial charge in [-0.05, 0) is 17.2 Å². The second kappa shape index (κ2) is 8.37. The first-order chi connectivity index (χ1) is 13.4. The van der Waals surface area contributed by atoms with Crippen molar-refractivity contribution in [3.63, 3.8) is 0 Å². The number of benzene rings is 3. The van der Waals surface area contributed by atoms with Crippen LogP contribution in [0.5, 0.6) is 0 Å². The van der Waals surface area contributed by atoms with E-state index in [1.165, 1.54) is 7.05 Å². The molecular formula is C22H22N2O3S. The van der Waals surface area contributed by atoms with Gasteiger partial charge < -0.3 is 5.32 Å². The summed E-state index contributed by atoms with van der Waals surface area (Å²) in [5.41, 5.74) is 3.06. The summed E-state index contributed by atoms with van der Waals surface area (Å²) >= 11 is 0. The number of likely N-dealkylation sites (N-methyl/N-ethyl adjacent to an activating group) is 1. The predicted octanol–water partition coefficient (Wildman–Crippen LogP) is 3.92. The minimum atomic E-state index is -3.58. The fraction of sp³-hybridized carbons (Fsp3) is 0.136. The molecule has 0 bridgehead atoms. The van der Waals surface area contributed by atoms with E-state index in [4.69, 9.17) is 0 Å². The van der Waals surface area contributed by atoms with E-state index in [0.29, 0.717) is 11.3 Å². The number of anilines is 1. The molecule has 0 saturated carbocycles. The van der Waals surface area contributed by atoms with Gasteiger partial charge >= 0.3 is 0 Å². The molecule has 0 heterocycles. The maximum absolute atomic E-state index is 13.2. The highest BCUT2D eigenvalue weighted by Gasteiger charge is 2.31. The summed E-state index contributed by atoms with van der Waals surface area (Å²) in [6, 6.07) is 25.1. The number of sulfonamides is 1. The fourth-order valence-electron chi connectivity index (χ4n) is 3.02. The van der Waals surface area contributed by atoms with E-state index in [-0.39, 0.29) is 0 Å². The van der Waals surface area contributed by atoms with Gasteiger partial charge in [0.1, 0.15) is 6.04 Å². The Bertz CT molecular complexity index is 1050. The van der Waals surface area contributed by atoms with Gasteiger partial charge in [-0.1, -0.05) is 78.9 Å². The average Bonchev–Trinajstić information content (AvgIpc) is 2.69. The normalized spacial score (nSPS) is 12.5. The van der Waals surface area contributed by atoms with Crippen molar-refractivity contribution in [1.29, 1.82) is 0 Å². The van der Waals surface area contributed by atoms with E-state index >= 15 is 0 Å². The molecule has 1 atom stereocenters. The quantitative estimate of drug-likeness (QED) is 0.689. The van der Waals surface area contributed by atoms with E-state index < -0.39 is 22.0 Å². The lowest BCUT2D eigenvalue weighted by Gasteiger charge is -2.26. The highest BCUT2D eigenvalue weighted by atomic mass is 32.2. The van der Waals surface area contributed by atoms with E-state index in [1.807, 2.05) is 60.7 Å². The van der Waals surface area contributed by atoms with Gasteiger partial charge in [-0.15, -0.1) is 0 Å². The first-order valence-electron chi connectivity index (χ1n) is 8.81. The lowest BCUT2D eigenvalue weighted by molar-refractivity contribution is -0.119. The van der Waals surface area contributed by atoms with Gasteiger partial charge in [0.2, 0.25) is 15.9 Å². The van der Waals surface area contributed by atoms with Gasteiger partial charge in [0.25, 0.3) is 0 Å². The number of carbonyl (C=O) groups excluding carboxylic acids is 1. The van der Waals surface area contributed by atoms with Crippen molar-refractivity contribution in [1.82, 2.24) is 4.31 Å². The Labute approximate surface area is 165 Å². The van der Waals surface area contributed by atoms with Crippen LogP contribution in [0.1, 0.15) is 11.6 Å². The maximum Gasteiger partial charge on any atom is 0.247 e. The number of amides is 1. The lowest BCUT2D eigenvalue weighted by Crippen LogP contribution is -2.38. The number of rotatable bonds is 6. The van der Waals surface area contributed by atoms with Crippen LogP contribution in [-0.4, -0.2) is 31.9 Å². The SMILES string of the molecule is CN([C@H](C(=O)Nc1ccccc1-c1ccccc1)c1ccccc1)S(C)(=O)=O. The van der Waals surface area contributed by atoms with E-state index in [9.17, 15) is 13.2 Å². The van der Waals surface area contributed by atoms with Gasteiger partial charge in [0, 0.05) is 18.3 Å². The molecule has 144 valence electrons. The largest absolute Gasteiger partial charge is 0.324 e. The molecule has 3 rings (SSSR count). The fourth-order valence-corrected chi connectivity index (χ4v) is 3.62. The number of para-hydroxylation sites is 1. The first kappa shape index (κ1) is 19.8. The van der Waals surface area contributed by atoms with Crippen LogP contribution in [0.25, 0.3) is 11.1 Å². The molecule has 0 aliphatic heterocycles. The molecule has 0 aliphatic rings. The number of hydrogen-bond donors (Lipinski definition) is 1. The summed E-state index contributed by atoms with van der Waals surface area (Å²) < 4.78 is 25.4. The summed E-state index contributed by atoms with van der Waals surface area (Å²) in [7, 11) is -2.16. The van der Waals surface area contributed by atoms with Crippen LogP contribution in [0.3, 0.4) is 0 Å². The van der Waals surface area contributed by atoms with Crippen LogP contribution >= 0.6 is 0 Å². The minimum absolute atomic E-state index is 0.414. The average molecular weight is 394 g/mol. The van der Waals surface area contributed by atoms with Gasteiger partial charge in [-0.2, -0.15) is 4.31 Å². The summed E-state index contributed by atoms with van der Waals surface area (Å²) in [5.74, 6) is -0.414. The molecule has 0 aromatic heterocycles. The Morgan fingerprint density at radius 1 is 0.857 bits per heavy atom. The molecule has 28 heavy (non-hydrogen) atoms. The number of hydrogen-bond acceptors (Lipinski definition) is 3. The highest BCUT2D eigenvalue weighted by molar-refractivity contribution is 7.88. The van der Waals surface area contributed by atoms with Gasteiger partial charge in [0.15, 0.2) is 0 Å². The zero-order chi connectivity index (χ0) is 20.1. The summed E-state index contributed by atoms with van der Waals surface area (Å²) in [4.78, 5) is 13.2. The van der Waals surface area contributed by atoms with Crippen LogP contribution < -0.4 is 5.32 Å². The lowest BCUT2D eigenvalue weighted by atomic mass is 10.0. The third kappa shape index (κ3) is 4.47. The van der Waals surface area contributed by atoms with Crippen molar-refractivity contribution in [2.45, 2.75) is 6.04 Å². The third-order valence-corrected chi connectivity index (χ3v) is 5.78. The second-order valence-corrected chi connectivity index (χ2v) is 8.54. The Morgan fingerprint density at radius 3 is 2.00 bits per heavy atom. The molecule has 3 aromatic rings.